The Balaban J connectivity index is 2.96. The maximum Gasteiger partial charge on any atom is 0.307 e. The Bertz CT molecular complexity index is 620. The maximum atomic E-state index is 12.5. The smallest absolute Gasteiger partial charge is 0.307 e. The zero-order valence-corrected chi connectivity index (χ0v) is 15.0. The van der Waals surface area contributed by atoms with Crippen LogP contribution in [0.4, 0.5) is 0 Å². The lowest BCUT2D eigenvalue weighted by molar-refractivity contribution is -0.157. The first-order valence-electron chi connectivity index (χ1n) is 8.06. The van der Waals surface area contributed by atoms with Gasteiger partial charge in [0.05, 0.1) is 12.8 Å². The number of carbonyl (C=O) groups is 3. The number of esters is 1. The number of carbonyl (C=O) groups excluding carboxylic acids is 2. The predicted molar refractivity (Wildman–Crippen MR) is 91.4 cm³/mol. The number of ether oxygens (including phenoxy) is 1. The topological polar surface area (TPSA) is 80.7 Å². The fourth-order valence-electron chi connectivity index (χ4n) is 2.73. The van der Waals surface area contributed by atoms with E-state index in [1.807, 2.05) is 45.9 Å². The van der Waals surface area contributed by atoms with E-state index in [0.717, 1.165) is 11.1 Å². The SMILES string of the molecule is CC=C(C)C=CC1=C(C)C(=O)C(OC(=O)CCC(=O)O)CC1(C)C. The molecular formula is C19H26O5. The number of hydrogen-bond acceptors (Lipinski definition) is 4. The molecule has 1 aliphatic carbocycles. The highest BCUT2D eigenvalue weighted by atomic mass is 16.5. The molecule has 24 heavy (non-hydrogen) atoms. The van der Waals surface area contributed by atoms with Gasteiger partial charge >= 0.3 is 11.9 Å². The normalized spacial score (nSPS) is 21.3. The van der Waals surface area contributed by atoms with Gasteiger partial charge in [0, 0.05) is 6.42 Å². The van der Waals surface area contributed by atoms with Gasteiger partial charge in [-0.15, -0.1) is 0 Å². The van der Waals surface area contributed by atoms with Crippen molar-refractivity contribution in [1.29, 1.82) is 0 Å². The fraction of sp³-hybridized carbons (Fsp3) is 0.526. The summed E-state index contributed by atoms with van der Waals surface area (Å²) in [6, 6.07) is 0. The summed E-state index contributed by atoms with van der Waals surface area (Å²) < 4.78 is 5.23. The highest BCUT2D eigenvalue weighted by Crippen LogP contribution is 2.40. The van der Waals surface area contributed by atoms with Crippen LogP contribution >= 0.6 is 0 Å². The molecule has 0 bridgehead atoms. The van der Waals surface area contributed by atoms with Gasteiger partial charge in [0.25, 0.3) is 0 Å². The molecule has 5 nitrogen and oxygen atoms in total. The van der Waals surface area contributed by atoms with E-state index < -0.39 is 18.0 Å². The van der Waals surface area contributed by atoms with Crippen molar-refractivity contribution < 1.29 is 24.2 Å². The molecule has 1 aliphatic rings. The van der Waals surface area contributed by atoms with Crippen LogP contribution in [0.15, 0.2) is 34.9 Å². The van der Waals surface area contributed by atoms with Crippen molar-refractivity contribution in [2.24, 2.45) is 5.41 Å². The second-order valence-electron chi connectivity index (χ2n) is 6.73. The molecule has 0 spiro atoms. The van der Waals surface area contributed by atoms with Crippen molar-refractivity contribution in [3.63, 3.8) is 0 Å². The summed E-state index contributed by atoms with van der Waals surface area (Å²) in [6.07, 6.45) is 4.91. The van der Waals surface area contributed by atoms with E-state index in [4.69, 9.17) is 9.84 Å². The summed E-state index contributed by atoms with van der Waals surface area (Å²) in [4.78, 5) is 34.8. The lowest BCUT2D eigenvalue weighted by Gasteiger charge is -2.36. The van der Waals surface area contributed by atoms with Gasteiger partial charge in [-0.1, -0.05) is 37.6 Å². The van der Waals surface area contributed by atoms with Crippen LogP contribution in [0.1, 0.15) is 53.9 Å². The summed E-state index contributed by atoms with van der Waals surface area (Å²) in [5.41, 5.74) is 2.30. The molecule has 0 aliphatic heterocycles. The molecule has 0 aromatic heterocycles. The van der Waals surface area contributed by atoms with Crippen LogP contribution in [0, 0.1) is 5.41 Å². The van der Waals surface area contributed by atoms with Crippen LogP contribution < -0.4 is 0 Å². The minimum atomic E-state index is -1.06. The third-order valence-corrected chi connectivity index (χ3v) is 4.28. The lowest BCUT2D eigenvalue weighted by atomic mass is 9.71. The van der Waals surface area contributed by atoms with Gasteiger partial charge in [0.15, 0.2) is 11.9 Å². The average Bonchev–Trinajstić information content (AvgIpc) is 2.49. The Labute approximate surface area is 143 Å². The van der Waals surface area contributed by atoms with Gasteiger partial charge < -0.3 is 9.84 Å². The van der Waals surface area contributed by atoms with Crippen molar-refractivity contribution in [3.8, 4) is 0 Å². The van der Waals surface area contributed by atoms with Crippen molar-refractivity contribution in [2.45, 2.75) is 60.0 Å². The highest BCUT2D eigenvalue weighted by molar-refractivity contribution is 6.01. The molecule has 1 atom stereocenters. The largest absolute Gasteiger partial charge is 0.481 e. The van der Waals surface area contributed by atoms with E-state index in [-0.39, 0.29) is 24.0 Å². The summed E-state index contributed by atoms with van der Waals surface area (Å²) in [5.74, 6) is -1.93. The quantitative estimate of drug-likeness (QED) is 0.593. The highest BCUT2D eigenvalue weighted by Gasteiger charge is 2.39. The van der Waals surface area contributed by atoms with Crippen molar-refractivity contribution >= 4 is 17.7 Å². The Morgan fingerprint density at radius 1 is 1.33 bits per heavy atom. The van der Waals surface area contributed by atoms with E-state index >= 15 is 0 Å². The molecule has 132 valence electrons. The molecule has 0 saturated carbocycles. The van der Waals surface area contributed by atoms with Gasteiger partial charge in [-0.2, -0.15) is 0 Å². The summed E-state index contributed by atoms with van der Waals surface area (Å²) in [6.45, 7) is 9.69. The van der Waals surface area contributed by atoms with Gasteiger partial charge in [0.2, 0.25) is 0 Å². The van der Waals surface area contributed by atoms with E-state index in [0.29, 0.717) is 12.0 Å². The summed E-state index contributed by atoms with van der Waals surface area (Å²) in [5, 5.41) is 8.61. The Kier molecular flexibility index (Phi) is 6.70. The van der Waals surface area contributed by atoms with Crippen LogP contribution in [0.3, 0.4) is 0 Å². The number of carboxylic acid groups (broad SMARTS) is 1. The van der Waals surface area contributed by atoms with Gasteiger partial charge in [0.1, 0.15) is 0 Å². The summed E-state index contributed by atoms with van der Waals surface area (Å²) in [7, 11) is 0. The van der Waals surface area contributed by atoms with Crippen molar-refractivity contribution in [2.75, 3.05) is 0 Å². The number of ketones is 1. The van der Waals surface area contributed by atoms with Crippen LogP contribution in [0.5, 0.6) is 0 Å². The van der Waals surface area contributed by atoms with E-state index in [9.17, 15) is 14.4 Å². The van der Waals surface area contributed by atoms with Crippen LogP contribution in [0.2, 0.25) is 0 Å². The standard InChI is InChI=1S/C19H26O5/c1-6-12(2)7-8-14-13(3)18(23)15(11-19(14,4)5)24-17(22)10-9-16(20)21/h6-8,15H,9-11H2,1-5H3,(H,20,21). The van der Waals surface area contributed by atoms with E-state index in [1.165, 1.54) is 0 Å². The maximum absolute atomic E-state index is 12.5. The molecule has 0 radical (unpaired) electrons. The number of hydrogen-bond donors (Lipinski definition) is 1. The Morgan fingerprint density at radius 3 is 2.50 bits per heavy atom. The zero-order chi connectivity index (χ0) is 18.5. The molecule has 1 N–H and O–H groups in total. The minimum absolute atomic E-state index is 0.212. The molecule has 5 heteroatoms. The monoisotopic (exact) mass is 334 g/mol. The number of allylic oxidation sites excluding steroid dienone is 5. The molecule has 0 saturated heterocycles. The fourth-order valence-corrected chi connectivity index (χ4v) is 2.73. The molecule has 0 amide bonds. The Hall–Kier alpha value is -2.17. The van der Waals surface area contributed by atoms with Crippen LogP contribution in [-0.2, 0) is 19.1 Å². The second kappa shape index (κ2) is 8.08. The average molecular weight is 334 g/mol. The molecule has 0 aromatic carbocycles. The first kappa shape index (κ1) is 19.9. The first-order valence-corrected chi connectivity index (χ1v) is 8.06. The minimum Gasteiger partial charge on any atom is -0.481 e. The molecule has 1 unspecified atom stereocenters. The van der Waals surface area contributed by atoms with Gasteiger partial charge in [-0.3, -0.25) is 14.4 Å². The lowest BCUT2D eigenvalue weighted by Crippen LogP contribution is -2.39. The van der Waals surface area contributed by atoms with Crippen molar-refractivity contribution in [3.05, 3.63) is 34.9 Å². The number of rotatable bonds is 6. The van der Waals surface area contributed by atoms with Gasteiger partial charge in [-0.25, -0.2) is 0 Å². The van der Waals surface area contributed by atoms with Crippen LogP contribution in [-0.4, -0.2) is 28.9 Å². The third kappa shape index (κ3) is 5.18. The third-order valence-electron chi connectivity index (χ3n) is 4.28. The van der Waals surface area contributed by atoms with Gasteiger partial charge in [-0.05, 0) is 37.3 Å². The van der Waals surface area contributed by atoms with E-state index in [1.54, 1.807) is 6.92 Å². The summed E-state index contributed by atoms with van der Waals surface area (Å²) >= 11 is 0. The Morgan fingerprint density at radius 2 is 1.96 bits per heavy atom. The predicted octanol–water partition coefficient (Wildman–Crippen LogP) is 3.60. The first-order chi connectivity index (χ1) is 11.1. The molecule has 0 aromatic rings. The second-order valence-corrected chi connectivity index (χ2v) is 6.73. The van der Waals surface area contributed by atoms with Crippen LogP contribution in [0.25, 0.3) is 0 Å². The molecule has 1 rings (SSSR count). The molecular weight excluding hydrogens is 308 g/mol. The van der Waals surface area contributed by atoms with E-state index in [2.05, 4.69) is 0 Å². The number of aliphatic carboxylic acids is 1. The molecule has 0 fully saturated rings. The molecule has 0 heterocycles. The zero-order valence-electron chi connectivity index (χ0n) is 15.0. The number of carboxylic acids is 1. The van der Waals surface area contributed by atoms with Crippen molar-refractivity contribution in [1.82, 2.24) is 0 Å². The number of Topliss-reactive ketones (excluding diaryl/α,β-unsaturated/α-hetero) is 1.